The van der Waals surface area contributed by atoms with Crippen molar-refractivity contribution in [2.75, 3.05) is 0 Å². The molecule has 0 aliphatic rings. The third kappa shape index (κ3) is 0.964. The van der Waals surface area contributed by atoms with E-state index in [9.17, 15) is 0 Å². The van der Waals surface area contributed by atoms with Gasteiger partial charge in [-0.25, -0.2) is 0 Å². The molecule has 0 bridgehead atoms. The van der Waals surface area contributed by atoms with Crippen LogP contribution in [0.25, 0.3) is 11.4 Å². The van der Waals surface area contributed by atoms with E-state index in [1.54, 1.807) is 10.8 Å². The molecule has 5 nitrogen and oxygen atoms in total. The van der Waals surface area contributed by atoms with Crippen LogP contribution in [0.3, 0.4) is 0 Å². The average Bonchev–Trinajstić information content (AvgIpc) is 2.64. The second-order valence-corrected chi connectivity index (χ2v) is 2.71. The predicted octanol–water partition coefficient (Wildman–Crippen LogP) is 1.13. The number of nitrogens with one attached hydrogen (secondary N) is 1. The number of nitrogens with zero attached hydrogens (tertiary/aromatic N) is 3. The maximum atomic E-state index is 4.94. The molecule has 0 atom stereocenters. The molecule has 2 rings (SSSR count). The Labute approximate surface area is 73.0 Å². The highest BCUT2D eigenvalue weighted by molar-refractivity contribution is 7.71. The summed E-state index contributed by atoms with van der Waals surface area (Å²) >= 11 is 4.94. The van der Waals surface area contributed by atoms with Crippen LogP contribution in [0.4, 0.5) is 0 Å². The number of aromatic amines is 1. The van der Waals surface area contributed by atoms with Gasteiger partial charge in [-0.05, 0) is 12.2 Å². The van der Waals surface area contributed by atoms with Gasteiger partial charge in [0, 0.05) is 7.05 Å². The Balaban J connectivity index is 2.62. The van der Waals surface area contributed by atoms with Gasteiger partial charge in [-0.15, -0.1) is 0 Å². The van der Waals surface area contributed by atoms with Gasteiger partial charge >= 0.3 is 0 Å². The number of aromatic nitrogens is 4. The highest BCUT2D eigenvalue weighted by Crippen LogP contribution is 2.13. The minimum absolute atomic E-state index is 0.575. The van der Waals surface area contributed by atoms with Crippen LogP contribution in [0.5, 0.6) is 0 Å². The Morgan fingerprint density at radius 3 is 3.00 bits per heavy atom. The summed E-state index contributed by atoms with van der Waals surface area (Å²) in [7, 11) is 1.83. The third-order valence-corrected chi connectivity index (χ3v) is 1.94. The van der Waals surface area contributed by atoms with Crippen molar-refractivity contribution in [2.45, 2.75) is 0 Å². The molecule has 0 aliphatic carbocycles. The number of rotatable bonds is 1. The molecule has 0 aromatic carbocycles. The van der Waals surface area contributed by atoms with Gasteiger partial charge in [-0.2, -0.15) is 5.10 Å². The van der Waals surface area contributed by atoms with Crippen LogP contribution in [0, 0.1) is 4.77 Å². The summed E-state index contributed by atoms with van der Waals surface area (Å²) in [6, 6.07) is 0. The summed E-state index contributed by atoms with van der Waals surface area (Å²) in [5, 5.41) is 10.2. The first-order valence-electron chi connectivity index (χ1n) is 3.30. The number of hydrogen-bond acceptors (Lipinski definition) is 4. The van der Waals surface area contributed by atoms with Crippen LogP contribution >= 0.6 is 12.2 Å². The van der Waals surface area contributed by atoms with Crippen LogP contribution in [0.1, 0.15) is 0 Å². The van der Waals surface area contributed by atoms with Crippen molar-refractivity contribution in [1.29, 1.82) is 0 Å². The molecule has 0 spiro atoms. The molecule has 0 saturated heterocycles. The fourth-order valence-corrected chi connectivity index (χ4v) is 1.05. The highest BCUT2D eigenvalue weighted by Gasteiger charge is 2.06. The summed E-state index contributed by atoms with van der Waals surface area (Å²) in [6.07, 6.45) is 3.11. The first-order valence-corrected chi connectivity index (χ1v) is 3.71. The average molecular weight is 182 g/mol. The molecule has 2 aromatic rings. The Hall–Kier alpha value is -1.43. The zero-order valence-corrected chi connectivity index (χ0v) is 7.13. The summed E-state index contributed by atoms with van der Waals surface area (Å²) in [5.41, 5.74) is 0.810. The lowest BCUT2D eigenvalue weighted by atomic mass is 10.3. The molecular weight excluding hydrogens is 176 g/mol. The molecule has 1 N–H and O–H groups in total. The molecule has 6 heteroatoms. The smallest absolute Gasteiger partial charge is 0.195 e. The van der Waals surface area contributed by atoms with Gasteiger partial charge in [0.1, 0.15) is 6.26 Å². The lowest BCUT2D eigenvalue weighted by Crippen LogP contribution is -1.90. The van der Waals surface area contributed by atoms with E-state index in [4.69, 9.17) is 12.2 Å². The Morgan fingerprint density at radius 2 is 2.50 bits per heavy atom. The topological polar surface area (TPSA) is 59.6 Å². The van der Waals surface area contributed by atoms with Crippen molar-refractivity contribution in [1.82, 2.24) is 19.9 Å². The molecule has 12 heavy (non-hydrogen) atoms. The van der Waals surface area contributed by atoms with Gasteiger partial charge in [0.15, 0.2) is 10.6 Å². The fourth-order valence-electron chi connectivity index (χ4n) is 0.920. The zero-order valence-electron chi connectivity index (χ0n) is 6.31. The Kier molecular flexibility index (Phi) is 1.54. The molecule has 2 heterocycles. The lowest BCUT2D eigenvalue weighted by molar-refractivity contribution is 0.420. The zero-order chi connectivity index (χ0) is 8.55. The predicted molar refractivity (Wildman–Crippen MR) is 43.9 cm³/mol. The van der Waals surface area contributed by atoms with Crippen LogP contribution < -0.4 is 0 Å². The molecule has 0 aliphatic heterocycles. The first-order chi connectivity index (χ1) is 5.79. The molecule has 0 radical (unpaired) electrons. The molecule has 0 fully saturated rings. The summed E-state index contributed by atoms with van der Waals surface area (Å²) in [4.78, 5) is 0. The third-order valence-electron chi connectivity index (χ3n) is 1.57. The summed E-state index contributed by atoms with van der Waals surface area (Å²) in [5.74, 6) is 0.723. The molecule has 0 amide bonds. The normalized spacial score (nSPS) is 10.4. The lowest BCUT2D eigenvalue weighted by Gasteiger charge is -1.92. The molecule has 0 unspecified atom stereocenters. The maximum absolute atomic E-state index is 4.94. The minimum atomic E-state index is 0.575. The van der Waals surface area contributed by atoms with E-state index in [1.165, 1.54) is 6.26 Å². The van der Waals surface area contributed by atoms with Gasteiger partial charge in [0.25, 0.3) is 0 Å². The van der Waals surface area contributed by atoms with Crippen molar-refractivity contribution >= 4 is 12.2 Å². The Bertz CT molecular complexity index is 427. The van der Waals surface area contributed by atoms with Crippen molar-refractivity contribution in [3.05, 3.63) is 17.2 Å². The van der Waals surface area contributed by atoms with Crippen molar-refractivity contribution in [3.63, 3.8) is 0 Å². The van der Waals surface area contributed by atoms with Gasteiger partial charge in [0.2, 0.25) is 0 Å². The monoisotopic (exact) mass is 182 g/mol. The van der Waals surface area contributed by atoms with Crippen LogP contribution in [-0.2, 0) is 7.05 Å². The standard InChI is InChI=1S/C6H6N4OS/c1-10-5(8-9-6(10)12)4-2-7-11-3-4/h2-3H,1H3,(H,9,12). The number of H-pyrrole nitrogens is 1. The highest BCUT2D eigenvalue weighted by atomic mass is 32.1. The molecule has 0 saturated carbocycles. The van der Waals surface area contributed by atoms with Crippen LogP contribution in [-0.4, -0.2) is 19.9 Å². The van der Waals surface area contributed by atoms with E-state index in [-0.39, 0.29) is 0 Å². The summed E-state index contributed by atoms with van der Waals surface area (Å²) in [6.45, 7) is 0. The second-order valence-electron chi connectivity index (χ2n) is 2.32. The molecule has 62 valence electrons. The number of hydrogen-bond donors (Lipinski definition) is 1. The maximum Gasteiger partial charge on any atom is 0.195 e. The van der Waals surface area contributed by atoms with Gasteiger partial charge in [-0.1, -0.05) is 5.16 Å². The van der Waals surface area contributed by atoms with Gasteiger partial charge in [0.05, 0.1) is 11.8 Å². The van der Waals surface area contributed by atoms with Crippen molar-refractivity contribution in [2.24, 2.45) is 7.05 Å². The van der Waals surface area contributed by atoms with Crippen LogP contribution in [0.15, 0.2) is 17.0 Å². The van der Waals surface area contributed by atoms with Gasteiger partial charge in [-0.3, -0.25) is 5.10 Å². The second kappa shape index (κ2) is 2.56. The first kappa shape index (κ1) is 7.23. The van der Waals surface area contributed by atoms with Crippen LogP contribution in [0.2, 0.25) is 0 Å². The van der Waals surface area contributed by atoms with Crippen molar-refractivity contribution in [3.8, 4) is 11.4 Å². The minimum Gasteiger partial charge on any atom is -0.364 e. The molecular formula is C6H6N4OS. The Morgan fingerprint density at radius 1 is 1.67 bits per heavy atom. The van der Waals surface area contributed by atoms with E-state index in [0.29, 0.717) is 4.77 Å². The fraction of sp³-hybridized carbons (Fsp3) is 0.167. The SMILES string of the molecule is Cn1c(-c2cnoc2)n[nH]c1=S. The van der Waals surface area contributed by atoms with E-state index >= 15 is 0 Å². The van der Waals surface area contributed by atoms with E-state index in [0.717, 1.165) is 11.4 Å². The quantitative estimate of drug-likeness (QED) is 0.672. The molecule has 2 aromatic heterocycles. The van der Waals surface area contributed by atoms with Crippen molar-refractivity contribution < 1.29 is 4.52 Å². The van der Waals surface area contributed by atoms with E-state index in [2.05, 4.69) is 19.9 Å². The van der Waals surface area contributed by atoms with E-state index < -0.39 is 0 Å². The van der Waals surface area contributed by atoms with E-state index in [1.807, 2.05) is 7.05 Å². The largest absolute Gasteiger partial charge is 0.364 e. The van der Waals surface area contributed by atoms with Gasteiger partial charge < -0.3 is 9.09 Å². The summed E-state index contributed by atoms with van der Waals surface area (Å²) < 4.78 is 7.01.